The molecule has 5 heteroatoms. The molecular formula is C20H21FN4. The van der Waals surface area contributed by atoms with E-state index in [1.165, 1.54) is 11.9 Å². The van der Waals surface area contributed by atoms with Crippen molar-refractivity contribution in [2.24, 2.45) is 0 Å². The average molecular weight is 336 g/mol. The van der Waals surface area contributed by atoms with Gasteiger partial charge in [0.25, 0.3) is 0 Å². The third kappa shape index (κ3) is 3.20. The van der Waals surface area contributed by atoms with Crippen LogP contribution in [0.2, 0.25) is 0 Å². The van der Waals surface area contributed by atoms with Gasteiger partial charge in [-0.05, 0) is 19.4 Å². The number of aromatic nitrogens is 3. The molecule has 1 aliphatic rings. The van der Waals surface area contributed by atoms with Crippen molar-refractivity contribution in [3.8, 4) is 11.4 Å². The van der Waals surface area contributed by atoms with E-state index in [1.807, 2.05) is 24.4 Å². The van der Waals surface area contributed by atoms with Crippen molar-refractivity contribution in [3.05, 3.63) is 72.1 Å². The number of hydrogen-bond acceptors (Lipinski definition) is 3. The third-order valence-corrected chi connectivity index (χ3v) is 4.88. The number of likely N-dealkylation sites (tertiary alicyclic amines) is 1. The van der Waals surface area contributed by atoms with Gasteiger partial charge in [0.15, 0.2) is 0 Å². The minimum atomic E-state index is -0.227. The average Bonchev–Trinajstić information content (AvgIpc) is 3.24. The summed E-state index contributed by atoms with van der Waals surface area (Å²) in [6, 6.07) is 12.4. The highest BCUT2D eigenvalue weighted by Crippen LogP contribution is 2.30. The van der Waals surface area contributed by atoms with Crippen LogP contribution in [0.5, 0.6) is 0 Å². The first-order valence-electron chi connectivity index (χ1n) is 8.62. The summed E-state index contributed by atoms with van der Waals surface area (Å²) in [6.45, 7) is 4.58. The van der Waals surface area contributed by atoms with Gasteiger partial charge in [-0.15, -0.1) is 0 Å². The summed E-state index contributed by atoms with van der Waals surface area (Å²) in [5, 5.41) is 0. The predicted molar refractivity (Wildman–Crippen MR) is 95.5 cm³/mol. The van der Waals surface area contributed by atoms with Crippen LogP contribution in [0.25, 0.3) is 11.4 Å². The van der Waals surface area contributed by atoms with E-state index >= 15 is 0 Å². The van der Waals surface area contributed by atoms with E-state index in [9.17, 15) is 4.39 Å². The lowest BCUT2D eigenvalue weighted by molar-refractivity contribution is 0.310. The first kappa shape index (κ1) is 16.0. The number of aryl methyl sites for hydroxylation is 1. The van der Waals surface area contributed by atoms with Crippen molar-refractivity contribution in [2.75, 3.05) is 13.1 Å². The van der Waals surface area contributed by atoms with Crippen LogP contribution in [0.15, 0.2) is 55.0 Å². The summed E-state index contributed by atoms with van der Waals surface area (Å²) in [5.41, 5.74) is 3.01. The lowest BCUT2D eigenvalue weighted by atomic mass is 10.2. The molecule has 3 heterocycles. The summed E-state index contributed by atoms with van der Waals surface area (Å²) in [7, 11) is 0. The number of halogens is 1. The van der Waals surface area contributed by atoms with E-state index in [0.717, 1.165) is 30.9 Å². The molecule has 0 amide bonds. The summed E-state index contributed by atoms with van der Waals surface area (Å²) in [6.07, 6.45) is 5.92. The van der Waals surface area contributed by atoms with Gasteiger partial charge in [-0.25, -0.2) is 9.37 Å². The van der Waals surface area contributed by atoms with Crippen LogP contribution in [-0.4, -0.2) is 32.5 Å². The van der Waals surface area contributed by atoms with E-state index in [0.29, 0.717) is 18.2 Å². The lowest BCUT2D eigenvalue weighted by Gasteiger charge is -2.20. The van der Waals surface area contributed by atoms with Gasteiger partial charge >= 0.3 is 0 Å². The Morgan fingerprint density at radius 3 is 2.80 bits per heavy atom. The molecule has 4 rings (SSSR count). The van der Waals surface area contributed by atoms with Crippen molar-refractivity contribution in [2.45, 2.75) is 25.9 Å². The van der Waals surface area contributed by atoms with Crippen molar-refractivity contribution in [3.63, 3.8) is 0 Å². The van der Waals surface area contributed by atoms with Gasteiger partial charge < -0.3 is 4.57 Å². The highest BCUT2D eigenvalue weighted by molar-refractivity contribution is 5.56. The zero-order valence-corrected chi connectivity index (χ0v) is 14.3. The van der Waals surface area contributed by atoms with E-state index in [1.54, 1.807) is 12.3 Å². The molecule has 128 valence electrons. The lowest BCUT2D eigenvalue weighted by Crippen LogP contribution is -2.22. The molecule has 1 aromatic carbocycles. The topological polar surface area (TPSA) is 34.0 Å². The second kappa shape index (κ2) is 6.76. The first-order valence-corrected chi connectivity index (χ1v) is 8.62. The second-order valence-electron chi connectivity index (χ2n) is 6.60. The Balaban J connectivity index is 1.55. The maximum atomic E-state index is 13.9. The minimum Gasteiger partial charge on any atom is -0.324 e. The summed E-state index contributed by atoms with van der Waals surface area (Å²) < 4.78 is 16.2. The molecule has 0 spiro atoms. The van der Waals surface area contributed by atoms with Gasteiger partial charge in [-0.2, -0.15) is 0 Å². The standard InChI is InChI=1S/C20H21FN4/c1-15-11-23-20(16-5-3-2-4-6-16)25(15)18-8-10-24(14-18)13-17-7-9-22-12-19(17)21/h2-7,9,11-12,18H,8,10,13-14H2,1H3. The summed E-state index contributed by atoms with van der Waals surface area (Å²) in [4.78, 5) is 10.8. The molecule has 1 saturated heterocycles. The molecule has 0 aliphatic carbocycles. The molecule has 1 unspecified atom stereocenters. The Morgan fingerprint density at radius 1 is 1.16 bits per heavy atom. The zero-order valence-electron chi connectivity index (χ0n) is 14.3. The van der Waals surface area contributed by atoms with E-state index in [-0.39, 0.29) is 5.82 Å². The van der Waals surface area contributed by atoms with Crippen molar-refractivity contribution < 1.29 is 4.39 Å². The monoisotopic (exact) mass is 336 g/mol. The van der Waals surface area contributed by atoms with Crippen LogP contribution >= 0.6 is 0 Å². The highest BCUT2D eigenvalue weighted by atomic mass is 19.1. The maximum absolute atomic E-state index is 13.9. The molecular weight excluding hydrogens is 315 g/mol. The van der Waals surface area contributed by atoms with Crippen LogP contribution in [0.1, 0.15) is 23.7 Å². The van der Waals surface area contributed by atoms with Gasteiger partial charge in [0, 0.05) is 54.9 Å². The molecule has 1 aliphatic heterocycles. The highest BCUT2D eigenvalue weighted by Gasteiger charge is 2.27. The second-order valence-corrected chi connectivity index (χ2v) is 6.60. The van der Waals surface area contributed by atoms with Crippen LogP contribution in [0.4, 0.5) is 4.39 Å². The van der Waals surface area contributed by atoms with Crippen LogP contribution in [-0.2, 0) is 6.54 Å². The van der Waals surface area contributed by atoms with Crippen molar-refractivity contribution >= 4 is 0 Å². The fraction of sp³-hybridized carbons (Fsp3) is 0.300. The molecule has 0 radical (unpaired) electrons. The summed E-state index contributed by atoms with van der Waals surface area (Å²) in [5.74, 6) is 0.787. The Morgan fingerprint density at radius 2 is 2.00 bits per heavy atom. The summed E-state index contributed by atoms with van der Waals surface area (Å²) >= 11 is 0. The van der Waals surface area contributed by atoms with Crippen molar-refractivity contribution in [1.82, 2.24) is 19.4 Å². The molecule has 1 fully saturated rings. The van der Waals surface area contributed by atoms with Gasteiger partial charge in [0.2, 0.25) is 0 Å². The normalized spacial score (nSPS) is 17.9. The fourth-order valence-electron chi connectivity index (χ4n) is 3.65. The predicted octanol–water partition coefficient (Wildman–Crippen LogP) is 3.84. The largest absolute Gasteiger partial charge is 0.324 e. The Bertz CT molecular complexity index is 859. The van der Waals surface area contributed by atoms with Crippen LogP contribution in [0.3, 0.4) is 0 Å². The molecule has 0 N–H and O–H groups in total. The van der Waals surface area contributed by atoms with Gasteiger partial charge in [-0.3, -0.25) is 9.88 Å². The number of hydrogen-bond donors (Lipinski definition) is 0. The molecule has 4 nitrogen and oxygen atoms in total. The molecule has 3 aromatic rings. The van der Waals surface area contributed by atoms with E-state index < -0.39 is 0 Å². The minimum absolute atomic E-state index is 0.227. The fourth-order valence-corrected chi connectivity index (χ4v) is 3.65. The van der Waals surface area contributed by atoms with E-state index in [2.05, 4.69) is 38.5 Å². The third-order valence-electron chi connectivity index (χ3n) is 4.88. The Kier molecular flexibility index (Phi) is 4.32. The maximum Gasteiger partial charge on any atom is 0.145 e. The van der Waals surface area contributed by atoms with Crippen LogP contribution < -0.4 is 0 Å². The zero-order chi connectivity index (χ0) is 17.2. The SMILES string of the molecule is Cc1cnc(-c2ccccc2)n1C1CCN(Cc2ccncc2F)C1. The van der Waals surface area contributed by atoms with Gasteiger partial charge in [0.1, 0.15) is 11.6 Å². The number of imidazole rings is 1. The molecule has 25 heavy (non-hydrogen) atoms. The van der Waals surface area contributed by atoms with Crippen molar-refractivity contribution in [1.29, 1.82) is 0 Å². The Hall–Kier alpha value is -2.53. The van der Waals surface area contributed by atoms with Gasteiger partial charge in [-0.1, -0.05) is 30.3 Å². The number of benzene rings is 1. The van der Waals surface area contributed by atoms with Crippen LogP contribution in [0, 0.1) is 12.7 Å². The van der Waals surface area contributed by atoms with E-state index in [4.69, 9.17) is 0 Å². The number of rotatable bonds is 4. The molecule has 0 saturated carbocycles. The number of pyridine rings is 1. The molecule has 0 bridgehead atoms. The molecule has 2 aromatic heterocycles. The number of nitrogens with zero attached hydrogens (tertiary/aromatic N) is 4. The smallest absolute Gasteiger partial charge is 0.145 e. The van der Waals surface area contributed by atoms with Gasteiger partial charge in [0.05, 0.1) is 6.20 Å². The first-order chi connectivity index (χ1) is 12.2. The molecule has 1 atom stereocenters. The Labute approximate surface area is 147 Å². The quantitative estimate of drug-likeness (QED) is 0.726.